The Balaban J connectivity index is 2.30. The number of ether oxygens (including phenoxy) is 1. The van der Waals surface area contributed by atoms with Gasteiger partial charge in [-0.05, 0) is 32.7 Å². The van der Waals surface area contributed by atoms with E-state index >= 15 is 0 Å². The summed E-state index contributed by atoms with van der Waals surface area (Å²) in [4.78, 5) is 13.0. The summed E-state index contributed by atoms with van der Waals surface area (Å²) in [6, 6.07) is 0.526. The summed E-state index contributed by atoms with van der Waals surface area (Å²) in [5.74, 6) is 0.622. The molecule has 0 radical (unpaired) electrons. The van der Waals surface area contributed by atoms with Crippen LogP contribution in [0.1, 0.15) is 19.8 Å². The molecule has 1 N–H and O–H groups in total. The quantitative estimate of drug-likeness (QED) is 0.741. The van der Waals surface area contributed by atoms with Crippen LogP contribution in [0.4, 0.5) is 4.79 Å². The van der Waals surface area contributed by atoms with E-state index in [1.807, 2.05) is 7.05 Å². The summed E-state index contributed by atoms with van der Waals surface area (Å²) in [5, 5.41) is 3.22. The molecule has 0 aromatic heterocycles. The van der Waals surface area contributed by atoms with E-state index in [2.05, 4.69) is 17.0 Å². The molecule has 0 aliphatic carbocycles. The number of carbonyl (C=O) groups is 1. The van der Waals surface area contributed by atoms with Gasteiger partial charge in [0, 0.05) is 19.1 Å². The Bertz CT molecular complexity index is 197. The molecule has 0 saturated carbocycles. The molecule has 0 bridgehead atoms. The fourth-order valence-electron chi connectivity index (χ4n) is 1.94. The van der Waals surface area contributed by atoms with Gasteiger partial charge >= 0.3 is 6.09 Å². The highest BCUT2D eigenvalue weighted by atomic mass is 16.5. The van der Waals surface area contributed by atoms with Gasteiger partial charge in [0.05, 0.1) is 7.11 Å². The van der Waals surface area contributed by atoms with Gasteiger partial charge in [0.15, 0.2) is 0 Å². The number of carbonyl (C=O) groups excluding carboxylic acids is 1. The largest absolute Gasteiger partial charge is 0.453 e. The van der Waals surface area contributed by atoms with E-state index in [4.69, 9.17) is 0 Å². The van der Waals surface area contributed by atoms with Gasteiger partial charge in [-0.3, -0.25) is 0 Å². The Kier molecular flexibility index (Phi) is 4.20. The first-order chi connectivity index (χ1) is 6.67. The van der Waals surface area contributed by atoms with E-state index in [9.17, 15) is 4.79 Å². The molecule has 0 spiro atoms. The zero-order chi connectivity index (χ0) is 10.6. The third kappa shape index (κ3) is 2.87. The van der Waals surface area contributed by atoms with Crippen molar-refractivity contribution in [3.63, 3.8) is 0 Å². The maximum Gasteiger partial charge on any atom is 0.409 e. The Morgan fingerprint density at radius 3 is 3.00 bits per heavy atom. The normalized spacial score (nSPS) is 23.6. The molecule has 82 valence electrons. The van der Waals surface area contributed by atoms with Gasteiger partial charge in [0.1, 0.15) is 0 Å². The minimum Gasteiger partial charge on any atom is -0.453 e. The van der Waals surface area contributed by atoms with Gasteiger partial charge in [-0.25, -0.2) is 4.79 Å². The second-order valence-corrected chi connectivity index (χ2v) is 4.00. The number of hydrogen-bond acceptors (Lipinski definition) is 3. The summed E-state index contributed by atoms with van der Waals surface area (Å²) >= 11 is 0. The molecule has 1 aliphatic rings. The van der Waals surface area contributed by atoms with Crippen molar-refractivity contribution in [2.75, 3.05) is 27.2 Å². The predicted molar refractivity (Wildman–Crippen MR) is 55.2 cm³/mol. The number of nitrogens with zero attached hydrogens (tertiary/aromatic N) is 1. The van der Waals surface area contributed by atoms with Crippen molar-refractivity contribution in [3.8, 4) is 0 Å². The van der Waals surface area contributed by atoms with Gasteiger partial charge in [-0.1, -0.05) is 0 Å². The van der Waals surface area contributed by atoms with E-state index < -0.39 is 0 Å². The Morgan fingerprint density at radius 2 is 2.43 bits per heavy atom. The summed E-state index contributed by atoms with van der Waals surface area (Å²) in [7, 11) is 3.41. The molecule has 1 fully saturated rings. The second-order valence-electron chi connectivity index (χ2n) is 4.00. The molecule has 1 aliphatic heterocycles. The van der Waals surface area contributed by atoms with Crippen molar-refractivity contribution >= 4 is 6.09 Å². The van der Waals surface area contributed by atoms with Crippen LogP contribution in [-0.2, 0) is 4.74 Å². The average Bonchev–Trinajstić information content (AvgIpc) is 2.65. The first-order valence-electron chi connectivity index (χ1n) is 5.17. The van der Waals surface area contributed by atoms with Gasteiger partial charge < -0.3 is 15.0 Å². The number of nitrogens with one attached hydrogen (secondary N) is 1. The average molecular weight is 200 g/mol. The standard InChI is InChI=1S/C10H20N2O2/c1-8(11-2)6-9-4-5-12(7-9)10(13)14-3/h8-9,11H,4-7H2,1-3H3. The minimum atomic E-state index is -0.190. The van der Waals surface area contributed by atoms with Crippen LogP contribution in [-0.4, -0.2) is 44.3 Å². The van der Waals surface area contributed by atoms with E-state index in [1.54, 1.807) is 4.90 Å². The zero-order valence-electron chi connectivity index (χ0n) is 9.25. The maximum absolute atomic E-state index is 11.2. The van der Waals surface area contributed by atoms with Crippen LogP contribution in [0.15, 0.2) is 0 Å². The number of amides is 1. The number of hydrogen-bond donors (Lipinski definition) is 1. The summed E-state index contributed by atoms with van der Waals surface area (Å²) in [5.41, 5.74) is 0. The fraction of sp³-hybridized carbons (Fsp3) is 0.900. The van der Waals surface area contributed by atoms with Gasteiger partial charge in [-0.15, -0.1) is 0 Å². The third-order valence-corrected chi connectivity index (χ3v) is 2.90. The molecule has 14 heavy (non-hydrogen) atoms. The predicted octanol–water partition coefficient (Wildman–Crippen LogP) is 1.07. The monoisotopic (exact) mass is 200 g/mol. The molecule has 2 atom stereocenters. The van der Waals surface area contributed by atoms with E-state index in [0.717, 1.165) is 25.9 Å². The van der Waals surface area contributed by atoms with Crippen LogP contribution < -0.4 is 5.32 Å². The highest BCUT2D eigenvalue weighted by Gasteiger charge is 2.27. The SMILES string of the molecule is CNC(C)CC1CCN(C(=O)OC)C1. The molecule has 4 nitrogen and oxygen atoms in total. The smallest absolute Gasteiger partial charge is 0.409 e. The molecule has 1 saturated heterocycles. The lowest BCUT2D eigenvalue weighted by Gasteiger charge is -2.17. The maximum atomic E-state index is 11.2. The molecular formula is C10H20N2O2. The van der Waals surface area contributed by atoms with Gasteiger partial charge in [0.2, 0.25) is 0 Å². The summed E-state index contributed by atoms with van der Waals surface area (Å²) in [6.07, 6.45) is 2.04. The molecule has 0 aromatic rings. The highest BCUT2D eigenvalue weighted by Crippen LogP contribution is 2.21. The first-order valence-corrected chi connectivity index (χ1v) is 5.17. The van der Waals surface area contributed by atoms with Crippen molar-refractivity contribution in [1.82, 2.24) is 10.2 Å². The van der Waals surface area contributed by atoms with Crippen LogP contribution in [0, 0.1) is 5.92 Å². The fourth-order valence-corrected chi connectivity index (χ4v) is 1.94. The lowest BCUT2D eigenvalue weighted by atomic mass is 10.0. The minimum absolute atomic E-state index is 0.190. The summed E-state index contributed by atoms with van der Waals surface area (Å²) in [6.45, 7) is 3.85. The number of methoxy groups -OCH3 is 1. The van der Waals surface area contributed by atoms with Crippen LogP contribution in [0.2, 0.25) is 0 Å². The number of likely N-dealkylation sites (tertiary alicyclic amines) is 1. The molecule has 1 rings (SSSR count). The molecule has 1 heterocycles. The van der Waals surface area contributed by atoms with E-state index in [1.165, 1.54) is 7.11 Å². The zero-order valence-corrected chi connectivity index (χ0v) is 9.25. The van der Waals surface area contributed by atoms with Crippen molar-refractivity contribution < 1.29 is 9.53 Å². The Hall–Kier alpha value is -0.770. The molecular weight excluding hydrogens is 180 g/mol. The Labute approximate surface area is 85.6 Å². The van der Waals surface area contributed by atoms with Crippen LogP contribution in [0.3, 0.4) is 0 Å². The lowest BCUT2D eigenvalue weighted by Crippen LogP contribution is -2.30. The van der Waals surface area contributed by atoms with E-state index in [0.29, 0.717) is 12.0 Å². The highest BCUT2D eigenvalue weighted by molar-refractivity contribution is 5.67. The van der Waals surface area contributed by atoms with Crippen LogP contribution in [0.5, 0.6) is 0 Å². The van der Waals surface area contributed by atoms with Gasteiger partial charge in [-0.2, -0.15) is 0 Å². The Morgan fingerprint density at radius 1 is 1.71 bits per heavy atom. The third-order valence-electron chi connectivity index (χ3n) is 2.90. The molecule has 2 unspecified atom stereocenters. The van der Waals surface area contributed by atoms with Gasteiger partial charge in [0.25, 0.3) is 0 Å². The summed E-state index contributed by atoms with van der Waals surface area (Å²) < 4.78 is 4.69. The lowest BCUT2D eigenvalue weighted by molar-refractivity contribution is 0.131. The van der Waals surface area contributed by atoms with Crippen molar-refractivity contribution in [3.05, 3.63) is 0 Å². The molecule has 4 heteroatoms. The van der Waals surface area contributed by atoms with E-state index in [-0.39, 0.29) is 6.09 Å². The molecule has 0 aromatic carbocycles. The van der Waals surface area contributed by atoms with Crippen molar-refractivity contribution in [2.45, 2.75) is 25.8 Å². The first kappa shape index (κ1) is 11.3. The number of rotatable bonds is 3. The van der Waals surface area contributed by atoms with Crippen LogP contribution in [0.25, 0.3) is 0 Å². The van der Waals surface area contributed by atoms with Crippen LogP contribution >= 0.6 is 0 Å². The van der Waals surface area contributed by atoms with Crippen molar-refractivity contribution in [2.24, 2.45) is 5.92 Å². The second kappa shape index (κ2) is 5.20. The topological polar surface area (TPSA) is 41.6 Å². The van der Waals surface area contributed by atoms with Crippen molar-refractivity contribution in [1.29, 1.82) is 0 Å². The molecule has 1 amide bonds.